The first kappa shape index (κ1) is 21.5. The first-order valence-corrected chi connectivity index (χ1v) is 9.46. The third-order valence-electron chi connectivity index (χ3n) is 4.32. The first-order valence-electron chi connectivity index (χ1n) is 9.46. The van der Waals surface area contributed by atoms with E-state index in [9.17, 15) is 19.7 Å². The molecule has 0 aromatic heterocycles. The molecule has 0 radical (unpaired) electrons. The Labute approximate surface area is 178 Å². The Morgan fingerprint density at radius 1 is 1.00 bits per heavy atom. The summed E-state index contributed by atoms with van der Waals surface area (Å²) in [7, 11) is 0. The van der Waals surface area contributed by atoms with Crippen molar-refractivity contribution in [1.82, 2.24) is 0 Å². The summed E-state index contributed by atoms with van der Waals surface area (Å²) in [6.07, 6.45) is -1.11. The van der Waals surface area contributed by atoms with Crippen molar-refractivity contribution in [3.05, 3.63) is 89.0 Å². The van der Waals surface area contributed by atoms with Crippen molar-refractivity contribution < 1.29 is 24.0 Å². The van der Waals surface area contributed by atoms with Gasteiger partial charge in [0.05, 0.1) is 4.92 Å². The smallest absolute Gasteiger partial charge is 0.344 e. The van der Waals surface area contributed by atoms with Crippen molar-refractivity contribution in [2.24, 2.45) is 0 Å². The topological polar surface area (TPSA) is 108 Å². The fourth-order valence-electron chi connectivity index (χ4n) is 2.81. The Hall–Kier alpha value is -4.20. The number of ether oxygens (including phenoxy) is 2. The van der Waals surface area contributed by atoms with Crippen LogP contribution in [0.5, 0.6) is 5.75 Å². The van der Waals surface area contributed by atoms with Gasteiger partial charge in [0.15, 0.2) is 12.7 Å². The lowest BCUT2D eigenvalue weighted by atomic mass is 10.1. The van der Waals surface area contributed by atoms with Gasteiger partial charge in [-0.15, -0.1) is 0 Å². The van der Waals surface area contributed by atoms with Crippen molar-refractivity contribution in [3.8, 4) is 16.9 Å². The first-order chi connectivity index (χ1) is 14.9. The van der Waals surface area contributed by atoms with Crippen molar-refractivity contribution in [3.63, 3.8) is 0 Å². The number of anilines is 1. The number of nitrogens with one attached hydrogen (secondary N) is 1. The minimum atomic E-state index is -1.11. The van der Waals surface area contributed by atoms with Gasteiger partial charge in [-0.05, 0) is 24.6 Å². The van der Waals surface area contributed by atoms with Gasteiger partial charge < -0.3 is 14.8 Å². The van der Waals surface area contributed by atoms with Crippen LogP contribution in [0.3, 0.4) is 0 Å². The highest BCUT2D eigenvalue weighted by Gasteiger charge is 2.19. The predicted molar refractivity (Wildman–Crippen MR) is 115 cm³/mol. The van der Waals surface area contributed by atoms with E-state index in [-0.39, 0.29) is 18.0 Å². The molecular formula is C23H20N2O6. The summed E-state index contributed by atoms with van der Waals surface area (Å²) < 4.78 is 10.7. The molecule has 3 aromatic carbocycles. The Morgan fingerprint density at radius 2 is 1.71 bits per heavy atom. The Kier molecular flexibility index (Phi) is 6.95. The number of rotatable bonds is 8. The van der Waals surface area contributed by atoms with E-state index in [1.807, 2.05) is 42.5 Å². The van der Waals surface area contributed by atoms with Crippen LogP contribution in [-0.4, -0.2) is 29.5 Å². The number of esters is 1. The predicted octanol–water partition coefficient (Wildman–Crippen LogP) is 4.21. The highest BCUT2D eigenvalue weighted by Crippen LogP contribution is 2.29. The van der Waals surface area contributed by atoms with Crippen LogP contribution < -0.4 is 10.1 Å². The fourth-order valence-corrected chi connectivity index (χ4v) is 2.81. The Bertz CT molecular complexity index is 1080. The number of amides is 1. The molecule has 158 valence electrons. The summed E-state index contributed by atoms with van der Waals surface area (Å²) in [5.41, 5.74) is 1.84. The lowest BCUT2D eigenvalue weighted by Crippen LogP contribution is -2.31. The molecule has 0 aliphatic heterocycles. The van der Waals surface area contributed by atoms with E-state index in [0.29, 0.717) is 5.75 Å². The second-order valence-corrected chi connectivity index (χ2v) is 6.58. The van der Waals surface area contributed by atoms with Crippen molar-refractivity contribution in [2.45, 2.75) is 13.0 Å². The molecule has 3 rings (SSSR count). The Balaban J connectivity index is 1.56. The zero-order valence-corrected chi connectivity index (χ0v) is 16.7. The average molecular weight is 420 g/mol. The van der Waals surface area contributed by atoms with Crippen LogP contribution in [0, 0.1) is 10.1 Å². The van der Waals surface area contributed by atoms with Crippen molar-refractivity contribution in [1.29, 1.82) is 0 Å². The molecule has 1 unspecified atom stereocenters. The SMILES string of the molecule is CC(OC(=O)COc1ccccc1-c1ccccc1)C(=O)Nc1cccc([N+](=O)[O-])c1. The summed E-state index contributed by atoms with van der Waals surface area (Å²) in [6.45, 7) is 1.03. The molecule has 1 atom stereocenters. The number of hydrogen-bond donors (Lipinski definition) is 1. The molecule has 3 aromatic rings. The fraction of sp³-hybridized carbons (Fsp3) is 0.130. The summed E-state index contributed by atoms with van der Waals surface area (Å²) in [4.78, 5) is 34.7. The van der Waals surface area contributed by atoms with Crippen molar-refractivity contribution in [2.75, 3.05) is 11.9 Å². The average Bonchev–Trinajstić information content (AvgIpc) is 2.78. The minimum absolute atomic E-state index is 0.159. The molecule has 8 heteroatoms. The molecule has 0 heterocycles. The lowest BCUT2D eigenvalue weighted by molar-refractivity contribution is -0.384. The standard InChI is InChI=1S/C23H20N2O6/c1-16(23(27)24-18-10-7-11-19(14-18)25(28)29)31-22(26)15-30-21-13-6-5-12-20(21)17-8-3-2-4-9-17/h2-14,16H,15H2,1H3,(H,24,27). The molecule has 1 N–H and O–H groups in total. The summed E-state index contributed by atoms with van der Waals surface area (Å²) in [5, 5.41) is 13.3. The monoisotopic (exact) mass is 420 g/mol. The molecule has 0 aliphatic rings. The van der Waals surface area contributed by atoms with Gasteiger partial charge in [-0.25, -0.2) is 4.79 Å². The highest BCUT2D eigenvalue weighted by atomic mass is 16.6. The number of carbonyl (C=O) groups excluding carboxylic acids is 2. The van der Waals surface area contributed by atoms with Crippen LogP contribution in [-0.2, 0) is 14.3 Å². The zero-order valence-electron chi connectivity index (χ0n) is 16.7. The van der Waals surface area contributed by atoms with Crippen LogP contribution in [0.25, 0.3) is 11.1 Å². The molecule has 31 heavy (non-hydrogen) atoms. The number of non-ortho nitro benzene ring substituents is 1. The maximum absolute atomic E-state index is 12.2. The molecule has 0 saturated carbocycles. The summed E-state index contributed by atoms with van der Waals surface area (Å²) in [5.74, 6) is -0.817. The van der Waals surface area contributed by atoms with Gasteiger partial charge in [0.1, 0.15) is 5.75 Å². The number of carbonyl (C=O) groups is 2. The van der Waals surface area contributed by atoms with E-state index < -0.39 is 22.9 Å². The van der Waals surface area contributed by atoms with E-state index in [4.69, 9.17) is 9.47 Å². The number of nitrogens with zero attached hydrogens (tertiary/aromatic N) is 1. The van der Waals surface area contributed by atoms with Crippen LogP contribution >= 0.6 is 0 Å². The van der Waals surface area contributed by atoms with Gasteiger partial charge in [-0.2, -0.15) is 0 Å². The van der Waals surface area contributed by atoms with Crippen molar-refractivity contribution >= 4 is 23.3 Å². The van der Waals surface area contributed by atoms with E-state index in [0.717, 1.165) is 11.1 Å². The normalized spacial score (nSPS) is 11.3. The third kappa shape index (κ3) is 5.89. The van der Waals surface area contributed by atoms with E-state index in [2.05, 4.69) is 5.32 Å². The third-order valence-corrected chi connectivity index (χ3v) is 4.32. The Morgan fingerprint density at radius 3 is 2.45 bits per heavy atom. The van der Waals surface area contributed by atoms with Crippen LogP contribution in [0.2, 0.25) is 0 Å². The van der Waals surface area contributed by atoms with Crippen LogP contribution in [0.1, 0.15) is 6.92 Å². The van der Waals surface area contributed by atoms with Gasteiger partial charge in [0, 0.05) is 23.4 Å². The van der Waals surface area contributed by atoms with Gasteiger partial charge >= 0.3 is 5.97 Å². The largest absolute Gasteiger partial charge is 0.481 e. The van der Waals surface area contributed by atoms with Gasteiger partial charge in [0.2, 0.25) is 0 Å². The second-order valence-electron chi connectivity index (χ2n) is 6.58. The maximum Gasteiger partial charge on any atom is 0.344 e. The summed E-state index contributed by atoms with van der Waals surface area (Å²) in [6, 6.07) is 22.3. The molecule has 8 nitrogen and oxygen atoms in total. The molecule has 0 fully saturated rings. The van der Waals surface area contributed by atoms with E-state index in [1.165, 1.54) is 31.2 Å². The zero-order chi connectivity index (χ0) is 22.2. The molecular weight excluding hydrogens is 400 g/mol. The molecule has 1 amide bonds. The van der Waals surface area contributed by atoms with E-state index >= 15 is 0 Å². The molecule has 0 bridgehead atoms. The summed E-state index contributed by atoms with van der Waals surface area (Å²) >= 11 is 0. The van der Waals surface area contributed by atoms with Gasteiger partial charge in [0.25, 0.3) is 11.6 Å². The molecule has 0 spiro atoms. The lowest BCUT2D eigenvalue weighted by Gasteiger charge is -2.15. The van der Waals surface area contributed by atoms with Gasteiger partial charge in [-0.1, -0.05) is 54.6 Å². The quantitative estimate of drug-likeness (QED) is 0.332. The maximum atomic E-state index is 12.2. The number of para-hydroxylation sites is 1. The second kappa shape index (κ2) is 10.0. The highest BCUT2D eigenvalue weighted by molar-refractivity contribution is 5.95. The molecule has 0 aliphatic carbocycles. The number of nitro groups is 1. The minimum Gasteiger partial charge on any atom is -0.481 e. The number of benzene rings is 3. The van der Waals surface area contributed by atoms with Crippen LogP contribution in [0.15, 0.2) is 78.9 Å². The number of nitro benzene ring substituents is 1. The number of hydrogen-bond acceptors (Lipinski definition) is 6. The van der Waals surface area contributed by atoms with E-state index in [1.54, 1.807) is 12.1 Å². The van der Waals surface area contributed by atoms with Gasteiger partial charge in [-0.3, -0.25) is 14.9 Å². The molecule has 0 saturated heterocycles. The van der Waals surface area contributed by atoms with Crippen LogP contribution in [0.4, 0.5) is 11.4 Å².